The largest absolute Gasteiger partial charge is 0.387 e. The highest BCUT2D eigenvalue weighted by Gasteiger charge is 1.89. The number of nitrogens with one attached hydrogen (secondary N) is 3. The maximum absolute atomic E-state index is 9.87. The van der Waals surface area contributed by atoms with Crippen LogP contribution in [0.5, 0.6) is 0 Å². The number of nitrogens with two attached hydrogens (primary N) is 4. The molecule has 1 aliphatic heterocycles. The lowest BCUT2D eigenvalue weighted by molar-refractivity contribution is 0.249. The Kier molecular flexibility index (Phi) is 39.9. The lowest BCUT2D eigenvalue weighted by atomic mass is 10.3. The van der Waals surface area contributed by atoms with E-state index in [1.807, 2.05) is 20.8 Å². The number of nitrogens with zero attached hydrogens (tertiary/aromatic N) is 2. The molecular formula is C19H47N9O. The molecule has 0 bridgehead atoms. The van der Waals surface area contributed by atoms with Gasteiger partial charge in [0.05, 0.1) is 13.1 Å². The fourth-order valence-corrected chi connectivity index (χ4v) is 1.07. The van der Waals surface area contributed by atoms with Crippen molar-refractivity contribution in [2.45, 2.75) is 60.3 Å². The molecule has 10 nitrogen and oxygen atoms in total. The van der Waals surface area contributed by atoms with E-state index in [2.05, 4.69) is 34.5 Å². The van der Waals surface area contributed by atoms with Crippen LogP contribution in [-0.4, -0.2) is 63.2 Å². The Bertz CT molecular complexity index is 377. The summed E-state index contributed by atoms with van der Waals surface area (Å²) in [6, 6.07) is -0.443. The smallest absolute Gasteiger partial charge is 0.312 e. The van der Waals surface area contributed by atoms with Crippen molar-refractivity contribution >= 4 is 23.9 Å². The normalized spacial score (nSPS) is 10.4. The second-order valence-electron chi connectivity index (χ2n) is 5.85. The van der Waals surface area contributed by atoms with Crippen molar-refractivity contribution in [3.63, 3.8) is 0 Å². The van der Waals surface area contributed by atoms with Crippen LogP contribution in [0.25, 0.3) is 0 Å². The zero-order chi connectivity index (χ0) is 23.3. The van der Waals surface area contributed by atoms with Crippen molar-refractivity contribution in [1.82, 2.24) is 10.6 Å². The van der Waals surface area contributed by atoms with E-state index in [-0.39, 0.29) is 5.84 Å². The monoisotopic (exact) mass is 417 g/mol. The Hall–Kier alpha value is -2.04. The van der Waals surface area contributed by atoms with E-state index in [1.165, 1.54) is 12.8 Å². The third-order valence-corrected chi connectivity index (χ3v) is 2.64. The molecule has 0 atom stereocenters. The number of amides is 2. The minimum absolute atomic E-state index is 0.196. The predicted molar refractivity (Wildman–Crippen MR) is 128 cm³/mol. The summed E-state index contributed by atoms with van der Waals surface area (Å²) in [5, 5.41) is 12.0. The average molecular weight is 418 g/mol. The highest BCUT2D eigenvalue weighted by Crippen LogP contribution is 1.83. The molecule has 11 N–H and O–H groups in total. The van der Waals surface area contributed by atoms with Crippen LogP contribution in [0.15, 0.2) is 9.98 Å². The van der Waals surface area contributed by atoms with E-state index in [0.717, 1.165) is 44.7 Å². The van der Waals surface area contributed by atoms with Gasteiger partial charge in [-0.15, -0.1) is 0 Å². The maximum Gasteiger partial charge on any atom is 0.312 e. The highest BCUT2D eigenvalue weighted by molar-refractivity contribution is 5.94. The number of aliphatic imine (C=N–C) groups is 2. The number of primary amides is 1. The summed E-state index contributed by atoms with van der Waals surface area (Å²) in [5.74, 6) is 0.196. The summed E-state index contributed by atoms with van der Waals surface area (Å²) in [4.78, 5) is 17.6. The number of likely N-dealkylation sites (N-methyl/N-ethyl adjacent to an activating group) is 1. The van der Waals surface area contributed by atoms with E-state index in [0.29, 0.717) is 13.1 Å². The SMILES string of the molecule is CC1=NC=NC1.CCCCN.CCCN.CCCNC(N)=O.CCNCC(=N)N. The first kappa shape index (κ1) is 34.5. The van der Waals surface area contributed by atoms with Crippen LogP contribution in [0.1, 0.15) is 60.3 Å². The van der Waals surface area contributed by atoms with E-state index in [1.54, 1.807) is 6.34 Å². The lowest BCUT2D eigenvalue weighted by Gasteiger charge is -1.94. The van der Waals surface area contributed by atoms with Gasteiger partial charge in [-0.2, -0.15) is 0 Å². The lowest BCUT2D eigenvalue weighted by Crippen LogP contribution is -2.29. The standard InChI is InChI=1S/C4H11N3.C4H10N2O.C4H6N2.C4H11N.C3H9N/c1-2-7-3-4(5)6;1-2-3-6-4(5)7;1-4-2-5-3-6-4;1-2-3-4-5;1-2-3-4/h7H,2-3H2,1H3,(H3,5,6);2-3H2,1H3,(H3,5,6,7);3H,2H2,1H3;2-5H2,1H3;2-4H2,1H3. The van der Waals surface area contributed by atoms with Crippen LogP contribution in [0.4, 0.5) is 4.79 Å². The molecule has 174 valence electrons. The molecule has 0 saturated heterocycles. The molecule has 0 fully saturated rings. The van der Waals surface area contributed by atoms with Crippen molar-refractivity contribution in [2.24, 2.45) is 32.9 Å². The summed E-state index contributed by atoms with van der Waals surface area (Å²) < 4.78 is 0. The molecule has 0 spiro atoms. The first-order valence-electron chi connectivity index (χ1n) is 10.3. The van der Waals surface area contributed by atoms with Crippen molar-refractivity contribution < 1.29 is 4.79 Å². The summed E-state index contributed by atoms with van der Waals surface area (Å²) in [6.45, 7) is 14.6. The quantitative estimate of drug-likeness (QED) is 0.230. The van der Waals surface area contributed by atoms with E-state index >= 15 is 0 Å². The first-order valence-corrected chi connectivity index (χ1v) is 10.3. The van der Waals surface area contributed by atoms with Crippen LogP contribution >= 0.6 is 0 Å². The van der Waals surface area contributed by atoms with E-state index in [4.69, 9.17) is 28.3 Å². The fraction of sp³-hybridized carbons (Fsp3) is 0.789. The molecule has 0 aromatic carbocycles. The molecule has 0 radical (unpaired) electrons. The van der Waals surface area contributed by atoms with Gasteiger partial charge >= 0.3 is 6.03 Å². The molecule has 10 heteroatoms. The molecule has 0 aromatic heterocycles. The van der Waals surface area contributed by atoms with Gasteiger partial charge in [0.2, 0.25) is 0 Å². The molecule has 0 unspecified atom stereocenters. The number of unbranched alkanes of at least 4 members (excludes halogenated alkanes) is 1. The van der Waals surface area contributed by atoms with E-state index in [9.17, 15) is 4.79 Å². The van der Waals surface area contributed by atoms with Crippen LogP contribution in [-0.2, 0) is 0 Å². The molecule has 1 rings (SSSR count). The zero-order valence-electron chi connectivity index (χ0n) is 19.3. The minimum atomic E-state index is -0.443. The van der Waals surface area contributed by atoms with Crippen LogP contribution in [0.3, 0.4) is 0 Å². The predicted octanol–water partition coefficient (Wildman–Crippen LogP) is 1.19. The summed E-state index contributed by atoms with van der Waals surface area (Å²) in [5.41, 5.74) is 21.0. The van der Waals surface area contributed by atoms with Gasteiger partial charge in [0.25, 0.3) is 0 Å². The number of rotatable bonds is 8. The number of hydrogen-bond acceptors (Lipinski definition) is 7. The third-order valence-electron chi connectivity index (χ3n) is 2.64. The van der Waals surface area contributed by atoms with Gasteiger partial charge in [-0.05, 0) is 45.8 Å². The molecule has 1 aliphatic rings. The number of hydrogen-bond donors (Lipinski definition) is 7. The summed E-state index contributed by atoms with van der Waals surface area (Å²) >= 11 is 0. The van der Waals surface area contributed by atoms with Crippen molar-refractivity contribution in [1.29, 1.82) is 5.41 Å². The van der Waals surface area contributed by atoms with Gasteiger partial charge in [-0.1, -0.05) is 34.1 Å². The van der Waals surface area contributed by atoms with Crippen LogP contribution in [0, 0.1) is 5.41 Å². The second kappa shape index (κ2) is 33.5. The van der Waals surface area contributed by atoms with Crippen molar-refractivity contribution in [3.8, 4) is 0 Å². The van der Waals surface area contributed by atoms with Gasteiger partial charge in [-0.3, -0.25) is 10.4 Å². The second-order valence-corrected chi connectivity index (χ2v) is 5.85. The topological polar surface area (TPSA) is 194 Å². The van der Waals surface area contributed by atoms with E-state index < -0.39 is 6.03 Å². The van der Waals surface area contributed by atoms with Crippen molar-refractivity contribution in [2.75, 3.05) is 39.3 Å². The molecule has 29 heavy (non-hydrogen) atoms. The molecule has 0 aromatic rings. The number of carbonyl (C=O) groups is 1. The number of urea groups is 1. The van der Waals surface area contributed by atoms with Gasteiger partial charge < -0.3 is 33.6 Å². The molecule has 1 heterocycles. The number of amidine groups is 1. The Morgan fingerprint density at radius 3 is 1.79 bits per heavy atom. The molecule has 2 amide bonds. The summed E-state index contributed by atoms with van der Waals surface area (Å²) in [6.07, 6.45) is 6.01. The van der Waals surface area contributed by atoms with Crippen molar-refractivity contribution in [3.05, 3.63) is 0 Å². The summed E-state index contributed by atoms with van der Waals surface area (Å²) in [7, 11) is 0. The molecule has 0 saturated carbocycles. The average Bonchev–Trinajstić information content (AvgIpc) is 3.18. The zero-order valence-corrected chi connectivity index (χ0v) is 19.3. The van der Waals surface area contributed by atoms with Gasteiger partial charge in [0.15, 0.2) is 0 Å². The Labute approximate surface area is 177 Å². The molecule has 0 aliphatic carbocycles. The molecular weight excluding hydrogens is 370 g/mol. The van der Waals surface area contributed by atoms with Gasteiger partial charge in [0.1, 0.15) is 12.2 Å². The van der Waals surface area contributed by atoms with Crippen LogP contribution in [0.2, 0.25) is 0 Å². The van der Waals surface area contributed by atoms with Crippen LogP contribution < -0.4 is 33.6 Å². The first-order chi connectivity index (χ1) is 13.8. The fourth-order valence-electron chi connectivity index (χ4n) is 1.07. The van der Waals surface area contributed by atoms with Gasteiger partial charge in [0, 0.05) is 12.3 Å². The Morgan fingerprint density at radius 2 is 1.69 bits per heavy atom. The highest BCUT2D eigenvalue weighted by atomic mass is 16.2. The number of carbonyl (C=O) groups excluding carboxylic acids is 1. The van der Waals surface area contributed by atoms with Gasteiger partial charge in [-0.25, -0.2) is 9.79 Å². The minimum Gasteiger partial charge on any atom is -0.387 e. The third kappa shape index (κ3) is 58.5. The Balaban J connectivity index is -0.000000137. The maximum atomic E-state index is 9.87. The Morgan fingerprint density at radius 1 is 1.10 bits per heavy atom.